The van der Waals surface area contributed by atoms with Crippen LogP contribution in [-0.2, 0) is 6.54 Å². The fraction of sp³-hybridized carbons (Fsp3) is 0.300. The first-order chi connectivity index (χ1) is 13.1. The van der Waals surface area contributed by atoms with Crippen molar-refractivity contribution in [3.05, 3.63) is 64.8 Å². The van der Waals surface area contributed by atoms with Gasteiger partial charge in [-0.3, -0.25) is 4.90 Å². The molecule has 1 aliphatic rings. The third-order valence-electron chi connectivity index (χ3n) is 4.80. The van der Waals surface area contributed by atoms with Crippen molar-refractivity contribution in [3.8, 4) is 11.4 Å². The molecule has 0 radical (unpaired) electrons. The summed E-state index contributed by atoms with van der Waals surface area (Å²) in [5, 5.41) is 4.74. The van der Waals surface area contributed by atoms with Crippen LogP contribution < -0.4 is 4.90 Å². The molecule has 1 aliphatic heterocycles. The zero-order chi connectivity index (χ0) is 18.8. The van der Waals surface area contributed by atoms with Crippen molar-refractivity contribution < 1.29 is 8.91 Å². The number of piperazine rings is 1. The second kappa shape index (κ2) is 7.66. The fourth-order valence-electron chi connectivity index (χ4n) is 3.20. The minimum atomic E-state index is -0.268. The van der Waals surface area contributed by atoms with Gasteiger partial charge in [0, 0.05) is 42.5 Å². The van der Waals surface area contributed by atoms with E-state index in [1.165, 1.54) is 6.07 Å². The molecule has 0 unspecified atom stereocenters. The van der Waals surface area contributed by atoms with Gasteiger partial charge in [0.05, 0.1) is 6.54 Å². The number of nitrogens with zero attached hydrogens (tertiary/aromatic N) is 4. The first-order valence-electron chi connectivity index (χ1n) is 8.90. The van der Waals surface area contributed by atoms with Gasteiger partial charge in [0.2, 0.25) is 11.7 Å². The molecule has 1 saturated heterocycles. The van der Waals surface area contributed by atoms with E-state index in [4.69, 9.17) is 16.1 Å². The van der Waals surface area contributed by atoms with Crippen LogP contribution in [0.3, 0.4) is 0 Å². The second-order valence-corrected chi connectivity index (χ2v) is 7.16. The van der Waals surface area contributed by atoms with E-state index in [0.29, 0.717) is 29.4 Å². The summed E-state index contributed by atoms with van der Waals surface area (Å²) in [5.41, 5.74) is 2.36. The van der Waals surface area contributed by atoms with Gasteiger partial charge in [-0.05, 0) is 36.8 Å². The third-order valence-corrected chi connectivity index (χ3v) is 5.04. The van der Waals surface area contributed by atoms with Crippen LogP contribution in [-0.4, -0.2) is 41.2 Å². The predicted octanol–water partition coefficient (Wildman–Crippen LogP) is 4.16. The molecule has 3 aromatic rings. The fourth-order valence-corrected chi connectivity index (χ4v) is 3.38. The topological polar surface area (TPSA) is 45.4 Å². The number of hydrogen-bond acceptors (Lipinski definition) is 5. The van der Waals surface area contributed by atoms with Gasteiger partial charge in [0.1, 0.15) is 5.82 Å². The van der Waals surface area contributed by atoms with E-state index >= 15 is 0 Å². The molecule has 2 heterocycles. The summed E-state index contributed by atoms with van der Waals surface area (Å²) in [6.07, 6.45) is 0. The quantitative estimate of drug-likeness (QED) is 0.673. The molecule has 1 aromatic heterocycles. The van der Waals surface area contributed by atoms with E-state index in [1.54, 1.807) is 19.1 Å². The maximum atomic E-state index is 13.7. The molecule has 0 atom stereocenters. The van der Waals surface area contributed by atoms with Crippen LogP contribution >= 0.6 is 11.6 Å². The minimum absolute atomic E-state index is 0.268. The summed E-state index contributed by atoms with van der Waals surface area (Å²) in [5.74, 6) is 0.694. The van der Waals surface area contributed by atoms with Crippen LogP contribution in [0.15, 0.2) is 47.0 Å². The summed E-state index contributed by atoms with van der Waals surface area (Å²) < 4.78 is 19.1. The van der Waals surface area contributed by atoms with E-state index in [1.807, 2.05) is 18.2 Å². The van der Waals surface area contributed by atoms with E-state index < -0.39 is 0 Å². The normalized spacial score (nSPS) is 15.3. The Morgan fingerprint density at radius 3 is 2.67 bits per heavy atom. The van der Waals surface area contributed by atoms with Crippen LogP contribution in [0.1, 0.15) is 11.5 Å². The Balaban J connectivity index is 1.37. The maximum absolute atomic E-state index is 13.7. The van der Waals surface area contributed by atoms with Gasteiger partial charge in [0.15, 0.2) is 0 Å². The first kappa shape index (κ1) is 17.9. The van der Waals surface area contributed by atoms with Crippen LogP contribution in [0.2, 0.25) is 5.02 Å². The largest absolute Gasteiger partial charge is 0.369 e. The van der Waals surface area contributed by atoms with Crippen molar-refractivity contribution in [1.82, 2.24) is 15.0 Å². The number of aromatic nitrogens is 2. The Hall–Kier alpha value is -2.44. The van der Waals surface area contributed by atoms with Crippen molar-refractivity contribution in [1.29, 1.82) is 0 Å². The Labute approximate surface area is 162 Å². The molecular weight excluding hydrogens is 367 g/mol. The summed E-state index contributed by atoms with van der Waals surface area (Å²) in [6.45, 7) is 5.91. The van der Waals surface area contributed by atoms with E-state index in [2.05, 4.69) is 26.0 Å². The predicted molar refractivity (Wildman–Crippen MR) is 103 cm³/mol. The lowest BCUT2D eigenvalue weighted by atomic mass is 10.1. The molecule has 140 valence electrons. The highest BCUT2D eigenvalue weighted by atomic mass is 35.5. The van der Waals surface area contributed by atoms with Gasteiger partial charge < -0.3 is 9.42 Å². The smallest absolute Gasteiger partial charge is 0.241 e. The molecule has 0 spiro atoms. The van der Waals surface area contributed by atoms with Crippen LogP contribution in [0, 0.1) is 12.7 Å². The highest BCUT2D eigenvalue weighted by Gasteiger charge is 2.20. The molecule has 7 heteroatoms. The van der Waals surface area contributed by atoms with E-state index in [0.717, 1.165) is 36.9 Å². The maximum Gasteiger partial charge on any atom is 0.241 e. The summed E-state index contributed by atoms with van der Waals surface area (Å²) in [4.78, 5) is 9.01. The molecule has 0 amide bonds. The molecule has 27 heavy (non-hydrogen) atoms. The number of anilines is 1. The van der Waals surface area contributed by atoms with Gasteiger partial charge in [-0.2, -0.15) is 4.98 Å². The minimum Gasteiger partial charge on any atom is -0.369 e. The summed E-state index contributed by atoms with van der Waals surface area (Å²) >= 11 is 6.08. The van der Waals surface area contributed by atoms with Gasteiger partial charge in [-0.15, -0.1) is 0 Å². The average molecular weight is 387 g/mol. The Morgan fingerprint density at radius 2 is 1.93 bits per heavy atom. The number of aryl methyl sites for hydroxylation is 1. The highest BCUT2D eigenvalue weighted by Crippen LogP contribution is 2.22. The highest BCUT2D eigenvalue weighted by molar-refractivity contribution is 6.30. The average Bonchev–Trinajstić information content (AvgIpc) is 3.13. The van der Waals surface area contributed by atoms with Crippen molar-refractivity contribution in [3.63, 3.8) is 0 Å². The summed E-state index contributed by atoms with van der Waals surface area (Å²) in [7, 11) is 0. The molecule has 0 N–H and O–H groups in total. The molecule has 2 aromatic carbocycles. The first-order valence-corrected chi connectivity index (χ1v) is 9.28. The molecule has 0 saturated carbocycles. The van der Waals surface area contributed by atoms with Crippen LogP contribution in [0.4, 0.5) is 10.1 Å². The number of hydrogen-bond donors (Lipinski definition) is 0. The lowest BCUT2D eigenvalue weighted by Gasteiger charge is -2.35. The van der Waals surface area contributed by atoms with Crippen molar-refractivity contribution in [2.24, 2.45) is 0 Å². The molecule has 1 fully saturated rings. The number of halogens is 2. The Morgan fingerprint density at radius 1 is 1.11 bits per heavy atom. The SMILES string of the molecule is Cc1ccc(-c2noc(CN3CCN(c4cccc(Cl)c4)CC3)n2)cc1F. The molecule has 0 aliphatic carbocycles. The van der Waals surface area contributed by atoms with Crippen LogP contribution in [0.5, 0.6) is 0 Å². The van der Waals surface area contributed by atoms with E-state index in [-0.39, 0.29) is 5.82 Å². The van der Waals surface area contributed by atoms with Gasteiger partial charge in [0.25, 0.3) is 0 Å². The number of benzene rings is 2. The monoisotopic (exact) mass is 386 g/mol. The number of rotatable bonds is 4. The van der Waals surface area contributed by atoms with Crippen molar-refractivity contribution in [2.45, 2.75) is 13.5 Å². The van der Waals surface area contributed by atoms with Gasteiger partial charge in [-0.1, -0.05) is 35.0 Å². The standard InChI is InChI=1S/C20H20ClFN4O/c1-14-5-6-15(11-18(14)22)20-23-19(27-24-20)13-25-7-9-26(10-8-25)17-4-2-3-16(21)12-17/h2-6,11-12H,7-10,13H2,1H3. The lowest BCUT2D eigenvalue weighted by molar-refractivity contribution is 0.215. The zero-order valence-corrected chi connectivity index (χ0v) is 15.8. The zero-order valence-electron chi connectivity index (χ0n) is 15.0. The van der Waals surface area contributed by atoms with Crippen LogP contribution in [0.25, 0.3) is 11.4 Å². The van der Waals surface area contributed by atoms with Gasteiger partial charge >= 0.3 is 0 Å². The lowest BCUT2D eigenvalue weighted by Crippen LogP contribution is -2.46. The molecule has 5 nitrogen and oxygen atoms in total. The third kappa shape index (κ3) is 4.12. The Bertz CT molecular complexity index is 937. The summed E-state index contributed by atoms with van der Waals surface area (Å²) in [6, 6.07) is 12.9. The Kier molecular flexibility index (Phi) is 5.09. The second-order valence-electron chi connectivity index (χ2n) is 6.72. The molecule has 4 rings (SSSR count). The molecular formula is C20H20ClFN4O. The van der Waals surface area contributed by atoms with E-state index in [9.17, 15) is 4.39 Å². The molecule has 0 bridgehead atoms. The van der Waals surface area contributed by atoms with Crippen molar-refractivity contribution in [2.75, 3.05) is 31.1 Å². The van der Waals surface area contributed by atoms with Crippen molar-refractivity contribution >= 4 is 17.3 Å². The van der Waals surface area contributed by atoms with Gasteiger partial charge in [-0.25, -0.2) is 4.39 Å².